The van der Waals surface area contributed by atoms with Crippen LogP contribution in [-0.4, -0.2) is 48.0 Å². The van der Waals surface area contributed by atoms with Crippen LogP contribution in [0.4, 0.5) is 0 Å². The first-order chi connectivity index (χ1) is 19.9. The normalized spacial score (nSPS) is 11.9. The van der Waals surface area contributed by atoms with Crippen LogP contribution in [0.5, 0.6) is 11.5 Å². The first-order valence-corrected chi connectivity index (χ1v) is 14.3. The Balaban J connectivity index is 1.33. The molecule has 0 amide bonds. The fourth-order valence-electron chi connectivity index (χ4n) is 5.19. The zero-order valence-corrected chi connectivity index (χ0v) is 24.4. The SMILES string of the molecule is C=C(NCCOC)c1ccc2nn(CC(CCC)CCCC(=O)c3ccc(-c4ccc(OC)cc4)cc3)cc2c1O. The summed E-state index contributed by atoms with van der Waals surface area (Å²) in [5.41, 5.74) is 4.97. The van der Waals surface area contributed by atoms with E-state index < -0.39 is 0 Å². The van der Waals surface area contributed by atoms with Crippen molar-refractivity contribution < 1.29 is 19.4 Å². The molecule has 216 valence electrons. The maximum absolute atomic E-state index is 12.9. The number of hydrogen-bond acceptors (Lipinski definition) is 6. The maximum atomic E-state index is 12.9. The molecule has 1 aromatic heterocycles. The van der Waals surface area contributed by atoms with Crippen LogP contribution in [0.1, 0.15) is 54.9 Å². The highest BCUT2D eigenvalue weighted by Crippen LogP contribution is 2.32. The molecule has 7 nitrogen and oxygen atoms in total. The molecule has 0 bridgehead atoms. The minimum absolute atomic E-state index is 0.170. The summed E-state index contributed by atoms with van der Waals surface area (Å²) >= 11 is 0. The van der Waals surface area contributed by atoms with E-state index >= 15 is 0 Å². The molecule has 1 unspecified atom stereocenters. The van der Waals surface area contributed by atoms with Crippen LogP contribution < -0.4 is 10.1 Å². The molecule has 0 saturated heterocycles. The van der Waals surface area contributed by atoms with Gasteiger partial charge in [-0.2, -0.15) is 5.10 Å². The molecular weight excluding hydrogens is 514 g/mol. The number of aromatic nitrogens is 2. The number of ether oxygens (including phenoxy) is 2. The number of fused-ring (bicyclic) bond motifs is 1. The van der Waals surface area contributed by atoms with Gasteiger partial charge in [0.1, 0.15) is 11.5 Å². The number of phenolic OH excluding ortho intramolecular Hbond substituents is 1. The standard InChI is InChI=1S/C34H41N3O4/c1-5-7-25(22-37-23-31-32(36-37)19-18-30(34(31)39)24(2)35-20-21-40-3)8-6-9-33(38)28-12-10-26(11-13-28)27-14-16-29(41-4)17-15-27/h10-19,23,25,35,39H,2,5-9,20-22H2,1,3-4H3. The molecule has 2 N–H and O–H groups in total. The maximum Gasteiger partial charge on any atom is 0.162 e. The second-order valence-corrected chi connectivity index (χ2v) is 10.4. The molecule has 0 radical (unpaired) electrons. The van der Waals surface area contributed by atoms with Crippen molar-refractivity contribution in [1.82, 2.24) is 15.1 Å². The van der Waals surface area contributed by atoms with Gasteiger partial charge in [0.2, 0.25) is 0 Å². The largest absolute Gasteiger partial charge is 0.506 e. The lowest BCUT2D eigenvalue weighted by Crippen LogP contribution is -2.17. The average Bonchev–Trinajstić information content (AvgIpc) is 3.41. The monoisotopic (exact) mass is 555 g/mol. The lowest BCUT2D eigenvalue weighted by atomic mass is 9.94. The first kappa shape index (κ1) is 29.9. The average molecular weight is 556 g/mol. The summed E-state index contributed by atoms with van der Waals surface area (Å²) in [5, 5.41) is 19.5. The van der Waals surface area contributed by atoms with Crippen molar-refractivity contribution in [3.63, 3.8) is 0 Å². The van der Waals surface area contributed by atoms with Gasteiger partial charge in [0, 0.05) is 49.6 Å². The minimum Gasteiger partial charge on any atom is -0.506 e. The molecule has 0 spiro atoms. The van der Waals surface area contributed by atoms with E-state index in [9.17, 15) is 9.90 Å². The number of hydrogen-bond donors (Lipinski definition) is 2. The Morgan fingerprint density at radius 1 is 1.02 bits per heavy atom. The van der Waals surface area contributed by atoms with Gasteiger partial charge in [0.05, 0.1) is 24.6 Å². The summed E-state index contributed by atoms with van der Waals surface area (Å²) in [6.45, 7) is 8.15. The summed E-state index contributed by atoms with van der Waals surface area (Å²) in [4.78, 5) is 12.9. The highest BCUT2D eigenvalue weighted by molar-refractivity contribution is 5.96. The number of rotatable bonds is 16. The summed E-state index contributed by atoms with van der Waals surface area (Å²) in [7, 11) is 3.30. The van der Waals surface area contributed by atoms with Crippen molar-refractivity contribution in [1.29, 1.82) is 0 Å². The number of benzene rings is 3. The third kappa shape index (κ3) is 7.76. The zero-order chi connectivity index (χ0) is 29.2. The number of carbonyl (C=O) groups is 1. The lowest BCUT2D eigenvalue weighted by molar-refractivity contribution is 0.0977. The van der Waals surface area contributed by atoms with Gasteiger partial charge in [-0.15, -0.1) is 0 Å². The molecule has 3 aromatic carbocycles. The smallest absolute Gasteiger partial charge is 0.162 e. The van der Waals surface area contributed by atoms with Crippen LogP contribution in [0.2, 0.25) is 0 Å². The summed E-state index contributed by atoms with van der Waals surface area (Å²) in [6, 6.07) is 19.5. The molecule has 1 atom stereocenters. The zero-order valence-electron chi connectivity index (χ0n) is 24.4. The third-order valence-corrected chi connectivity index (χ3v) is 7.47. The molecule has 4 rings (SSSR count). The van der Waals surface area contributed by atoms with E-state index in [0.717, 1.165) is 60.2 Å². The Morgan fingerprint density at radius 3 is 2.39 bits per heavy atom. The number of ketones is 1. The van der Waals surface area contributed by atoms with Gasteiger partial charge in [-0.3, -0.25) is 9.48 Å². The number of nitrogens with zero attached hydrogens (tertiary/aromatic N) is 2. The second kappa shape index (κ2) is 14.5. The number of carbonyl (C=O) groups excluding carboxylic acids is 1. The van der Waals surface area contributed by atoms with Gasteiger partial charge in [-0.05, 0) is 60.6 Å². The van der Waals surface area contributed by atoms with Crippen LogP contribution in [-0.2, 0) is 11.3 Å². The van der Waals surface area contributed by atoms with Crippen LogP contribution in [0, 0.1) is 5.92 Å². The lowest BCUT2D eigenvalue weighted by Gasteiger charge is -2.16. The van der Waals surface area contributed by atoms with Crippen LogP contribution in [0.15, 0.2) is 73.4 Å². The predicted octanol–water partition coefficient (Wildman–Crippen LogP) is 7.09. The minimum atomic E-state index is 0.170. The predicted molar refractivity (Wildman–Crippen MR) is 165 cm³/mol. The van der Waals surface area contributed by atoms with Crippen molar-refractivity contribution in [2.75, 3.05) is 27.4 Å². The van der Waals surface area contributed by atoms with Gasteiger partial charge in [-0.25, -0.2) is 0 Å². The molecular formula is C34H41N3O4. The Kier molecular flexibility index (Phi) is 10.6. The Morgan fingerprint density at radius 2 is 1.73 bits per heavy atom. The fraction of sp³-hybridized carbons (Fsp3) is 0.353. The number of phenols is 1. The van der Waals surface area contributed by atoms with Gasteiger partial charge < -0.3 is 19.9 Å². The molecule has 1 heterocycles. The van der Waals surface area contributed by atoms with Crippen LogP contribution >= 0.6 is 0 Å². The van der Waals surface area contributed by atoms with Crippen LogP contribution in [0.25, 0.3) is 27.7 Å². The molecule has 0 aliphatic carbocycles. The Hall–Kier alpha value is -4.10. The quantitative estimate of drug-likeness (QED) is 0.113. The summed E-state index contributed by atoms with van der Waals surface area (Å²) in [5.74, 6) is 1.57. The van der Waals surface area contributed by atoms with Crippen molar-refractivity contribution in [2.24, 2.45) is 5.92 Å². The van der Waals surface area contributed by atoms with Gasteiger partial charge in [0.15, 0.2) is 5.78 Å². The van der Waals surface area contributed by atoms with Crippen LogP contribution in [0.3, 0.4) is 0 Å². The third-order valence-electron chi connectivity index (χ3n) is 7.47. The molecule has 0 saturated carbocycles. The van der Waals surface area contributed by atoms with E-state index in [0.29, 0.717) is 42.1 Å². The molecule has 0 fully saturated rings. The number of methoxy groups -OCH3 is 2. The number of nitrogens with one attached hydrogen (secondary N) is 1. The number of aromatic hydroxyl groups is 1. The summed E-state index contributed by atoms with van der Waals surface area (Å²) < 4.78 is 12.2. The summed E-state index contributed by atoms with van der Waals surface area (Å²) in [6.07, 6.45) is 6.32. The molecule has 7 heteroatoms. The Labute approximate surface area is 242 Å². The fourth-order valence-corrected chi connectivity index (χ4v) is 5.19. The van der Waals surface area contributed by atoms with Crippen molar-refractivity contribution in [3.05, 3.63) is 84.6 Å². The van der Waals surface area contributed by atoms with E-state index in [1.807, 2.05) is 71.5 Å². The van der Waals surface area contributed by atoms with Gasteiger partial charge in [0.25, 0.3) is 0 Å². The van der Waals surface area contributed by atoms with Crippen molar-refractivity contribution in [2.45, 2.75) is 45.6 Å². The molecule has 41 heavy (non-hydrogen) atoms. The van der Waals surface area contributed by atoms with E-state index in [4.69, 9.17) is 14.6 Å². The first-order valence-electron chi connectivity index (χ1n) is 14.3. The van der Waals surface area contributed by atoms with E-state index in [2.05, 4.69) is 18.8 Å². The molecule has 0 aliphatic heterocycles. The van der Waals surface area contributed by atoms with Crippen molar-refractivity contribution >= 4 is 22.4 Å². The molecule has 4 aromatic rings. The van der Waals surface area contributed by atoms with E-state index in [1.54, 1.807) is 14.2 Å². The van der Waals surface area contributed by atoms with Crippen molar-refractivity contribution in [3.8, 4) is 22.6 Å². The van der Waals surface area contributed by atoms with E-state index in [-0.39, 0.29) is 11.5 Å². The second-order valence-electron chi connectivity index (χ2n) is 10.4. The highest BCUT2D eigenvalue weighted by Gasteiger charge is 2.16. The Bertz CT molecular complexity index is 1440. The molecule has 0 aliphatic rings. The van der Waals surface area contributed by atoms with E-state index in [1.165, 1.54) is 0 Å². The highest BCUT2D eigenvalue weighted by atomic mass is 16.5. The van der Waals surface area contributed by atoms with Gasteiger partial charge in [-0.1, -0.05) is 56.3 Å². The number of Topliss-reactive ketones (excluding diaryl/α,β-unsaturated/α-hetero) is 1. The topological polar surface area (TPSA) is 85.6 Å². The van der Waals surface area contributed by atoms with Gasteiger partial charge >= 0.3 is 0 Å².